The van der Waals surface area contributed by atoms with Crippen LogP contribution in [0.25, 0.3) is 22.2 Å². The number of benzene rings is 2. The Labute approximate surface area is 174 Å². The van der Waals surface area contributed by atoms with Gasteiger partial charge < -0.3 is 9.64 Å². The van der Waals surface area contributed by atoms with E-state index in [1.807, 2.05) is 55.1 Å². The maximum Gasteiger partial charge on any atom is 0.254 e. The Morgan fingerprint density at radius 2 is 1.79 bits per heavy atom. The Hall–Kier alpha value is -2.14. The molecule has 1 aromatic heterocycles. The van der Waals surface area contributed by atoms with Gasteiger partial charge in [-0.15, -0.1) is 0 Å². The second kappa shape index (κ2) is 7.70. The van der Waals surface area contributed by atoms with Gasteiger partial charge in [0.25, 0.3) is 5.91 Å². The highest BCUT2D eigenvalue weighted by Crippen LogP contribution is 2.32. The number of amides is 1. The fourth-order valence-electron chi connectivity index (χ4n) is 3.70. The summed E-state index contributed by atoms with van der Waals surface area (Å²) in [6.45, 7) is 5.10. The minimum Gasteiger partial charge on any atom is -0.372 e. The molecule has 1 aliphatic rings. The van der Waals surface area contributed by atoms with Crippen LogP contribution in [0.2, 0.25) is 10.0 Å². The van der Waals surface area contributed by atoms with E-state index in [4.69, 9.17) is 32.9 Å². The average Bonchev–Trinajstić information content (AvgIpc) is 2.66. The number of hydrogen-bond donors (Lipinski definition) is 0. The molecule has 4 rings (SSSR count). The van der Waals surface area contributed by atoms with E-state index in [1.165, 1.54) is 0 Å². The van der Waals surface area contributed by atoms with Gasteiger partial charge in [-0.05, 0) is 44.2 Å². The standard InChI is InChI=1S/C22H20Cl2N2O2/c1-13-11-26(12-14(2)28-13)22(27)18-10-21(17-8-7-15(23)9-19(17)24)25-20-6-4-3-5-16(18)20/h3-10,13-14H,11-12H2,1-2H3/t13-,14-/m1/s1. The van der Waals surface area contributed by atoms with Gasteiger partial charge in [-0.1, -0.05) is 41.4 Å². The van der Waals surface area contributed by atoms with E-state index in [9.17, 15) is 4.79 Å². The molecule has 1 aliphatic heterocycles. The number of morpholine rings is 1. The normalized spacial score (nSPS) is 19.8. The van der Waals surface area contributed by atoms with Crippen LogP contribution in [0.5, 0.6) is 0 Å². The van der Waals surface area contributed by atoms with Crippen LogP contribution in [0, 0.1) is 0 Å². The summed E-state index contributed by atoms with van der Waals surface area (Å²) in [7, 11) is 0. The van der Waals surface area contributed by atoms with E-state index >= 15 is 0 Å². The predicted molar refractivity (Wildman–Crippen MR) is 113 cm³/mol. The van der Waals surface area contributed by atoms with Gasteiger partial charge in [0.05, 0.1) is 34.0 Å². The molecule has 2 heterocycles. The highest BCUT2D eigenvalue weighted by Gasteiger charge is 2.28. The SMILES string of the molecule is C[C@@H]1CN(C(=O)c2cc(-c3ccc(Cl)cc3Cl)nc3ccccc23)C[C@@H](C)O1. The molecule has 144 valence electrons. The molecule has 0 radical (unpaired) electrons. The van der Waals surface area contributed by atoms with Crippen molar-refractivity contribution in [2.45, 2.75) is 26.1 Å². The number of nitrogens with zero attached hydrogens (tertiary/aromatic N) is 2. The van der Waals surface area contributed by atoms with Crippen molar-refractivity contribution in [2.75, 3.05) is 13.1 Å². The lowest BCUT2D eigenvalue weighted by Crippen LogP contribution is -2.48. The zero-order valence-electron chi connectivity index (χ0n) is 15.7. The van der Waals surface area contributed by atoms with Crippen LogP contribution in [-0.2, 0) is 4.74 Å². The summed E-state index contributed by atoms with van der Waals surface area (Å²) in [5.74, 6) is -0.0214. The molecule has 4 nitrogen and oxygen atoms in total. The number of hydrogen-bond acceptors (Lipinski definition) is 3. The molecule has 0 N–H and O–H groups in total. The molecule has 0 saturated carbocycles. The van der Waals surface area contributed by atoms with Gasteiger partial charge in [0.2, 0.25) is 0 Å². The van der Waals surface area contributed by atoms with Crippen molar-refractivity contribution >= 4 is 40.0 Å². The molecule has 0 bridgehead atoms. The lowest BCUT2D eigenvalue weighted by atomic mass is 10.0. The number of ether oxygens (including phenoxy) is 1. The number of halogens is 2. The number of aromatic nitrogens is 1. The van der Waals surface area contributed by atoms with Crippen LogP contribution in [0.15, 0.2) is 48.5 Å². The van der Waals surface area contributed by atoms with E-state index < -0.39 is 0 Å². The summed E-state index contributed by atoms with van der Waals surface area (Å²) in [4.78, 5) is 20.0. The lowest BCUT2D eigenvalue weighted by molar-refractivity contribution is -0.0585. The van der Waals surface area contributed by atoms with E-state index in [-0.39, 0.29) is 18.1 Å². The van der Waals surface area contributed by atoms with Crippen LogP contribution in [0.3, 0.4) is 0 Å². The summed E-state index contributed by atoms with van der Waals surface area (Å²) in [6, 6.07) is 14.8. The molecular weight excluding hydrogens is 395 g/mol. The van der Waals surface area contributed by atoms with Gasteiger partial charge in [0.1, 0.15) is 0 Å². The number of fused-ring (bicyclic) bond motifs is 1. The number of rotatable bonds is 2. The van der Waals surface area contributed by atoms with Crippen molar-refractivity contribution in [3.8, 4) is 11.3 Å². The molecular formula is C22H20Cl2N2O2. The van der Waals surface area contributed by atoms with Crippen LogP contribution >= 0.6 is 23.2 Å². The second-order valence-electron chi connectivity index (χ2n) is 7.16. The summed E-state index contributed by atoms with van der Waals surface area (Å²) in [6.07, 6.45) is 0.0111. The zero-order chi connectivity index (χ0) is 19.8. The van der Waals surface area contributed by atoms with E-state index in [2.05, 4.69) is 0 Å². The molecule has 0 spiro atoms. The Kier molecular flexibility index (Phi) is 5.28. The molecule has 0 unspecified atom stereocenters. The topological polar surface area (TPSA) is 42.4 Å². The van der Waals surface area contributed by atoms with Crippen LogP contribution in [0.4, 0.5) is 0 Å². The highest BCUT2D eigenvalue weighted by molar-refractivity contribution is 6.36. The van der Waals surface area contributed by atoms with E-state index in [0.29, 0.717) is 34.4 Å². The quantitative estimate of drug-likeness (QED) is 0.558. The van der Waals surface area contributed by atoms with E-state index in [1.54, 1.807) is 12.1 Å². The van der Waals surface area contributed by atoms with E-state index in [0.717, 1.165) is 16.5 Å². The molecule has 3 aromatic rings. The van der Waals surface area contributed by atoms with Crippen molar-refractivity contribution in [3.63, 3.8) is 0 Å². The fourth-order valence-corrected chi connectivity index (χ4v) is 4.21. The van der Waals surface area contributed by atoms with Crippen molar-refractivity contribution in [2.24, 2.45) is 0 Å². The molecule has 2 atom stereocenters. The van der Waals surface area contributed by atoms with Crippen molar-refractivity contribution in [1.82, 2.24) is 9.88 Å². The number of carbonyl (C=O) groups excluding carboxylic acids is 1. The van der Waals surface area contributed by atoms with Gasteiger partial charge in [-0.25, -0.2) is 4.98 Å². The minimum absolute atomic E-state index is 0.00554. The van der Waals surface area contributed by atoms with Gasteiger partial charge >= 0.3 is 0 Å². The maximum atomic E-state index is 13.4. The highest BCUT2D eigenvalue weighted by atomic mass is 35.5. The van der Waals surface area contributed by atoms with Crippen LogP contribution in [-0.4, -0.2) is 41.1 Å². The molecule has 1 fully saturated rings. The molecule has 1 saturated heterocycles. The Morgan fingerprint density at radius 1 is 1.07 bits per heavy atom. The van der Waals surface area contributed by atoms with Gasteiger partial charge in [0, 0.05) is 29.1 Å². The smallest absolute Gasteiger partial charge is 0.254 e. The second-order valence-corrected chi connectivity index (χ2v) is 8.01. The Morgan fingerprint density at radius 3 is 2.50 bits per heavy atom. The third-order valence-electron chi connectivity index (χ3n) is 4.86. The lowest BCUT2D eigenvalue weighted by Gasteiger charge is -2.35. The van der Waals surface area contributed by atoms with Crippen LogP contribution < -0.4 is 0 Å². The molecule has 1 amide bonds. The van der Waals surface area contributed by atoms with Gasteiger partial charge in [0.15, 0.2) is 0 Å². The first-order valence-electron chi connectivity index (χ1n) is 9.22. The predicted octanol–water partition coefficient (Wildman–Crippen LogP) is 5.46. The van der Waals surface area contributed by atoms with Gasteiger partial charge in [-0.2, -0.15) is 0 Å². The first kappa shape index (κ1) is 19.2. The number of pyridine rings is 1. The third kappa shape index (κ3) is 3.72. The molecule has 0 aliphatic carbocycles. The van der Waals surface area contributed by atoms with Gasteiger partial charge in [-0.3, -0.25) is 4.79 Å². The summed E-state index contributed by atoms with van der Waals surface area (Å²) in [5.41, 5.74) is 2.77. The Balaban J connectivity index is 1.84. The summed E-state index contributed by atoms with van der Waals surface area (Å²) in [5, 5.41) is 1.89. The van der Waals surface area contributed by atoms with Crippen LogP contribution in [0.1, 0.15) is 24.2 Å². The number of para-hydroxylation sites is 1. The molecule has 6 heteroatoms. The van der Waals surface area contributed by atoms with Crippen molar-refractivity contribution < 1.29 is 9.53 Å². The number of carbonyl (C=O) groups is 1. The largest absolute Gasteiger partial charge is 0.372 e. The maximum absolute atomic E-state index is 13.4. The fraction of sp³-hybridized carbons (Fsp3) is 0.273. The summed E-state index contributed by atoms with van der Waals surface area (Å²) >= 11 is 12.4. The third-order valence-corrected chi connectivity index (χ3v) is 5.41. The molecule has 2 aromatic carbocycles. The van der Waals surface area contributed by atoms with Crippen molar-refractivity contribution in [3.05, 3.63) is 64.1 Å². The first-order valence-corrected chi connectivity index (χ1v) is 9.98. The summed E-state index contributed by atoms with van der Waals surface area (Å²) < 4.78 is 5.77. The monoisotopic (exact) mass is 414 g/mol. The van der Waals surface area contributed by atoms with Crippen molar-refractivity contribution in [1.29, 1.82) is 0 Å². The minimum atomic E-state index is -0.0214. The first-order chi connectivity index (χ1) is 13.4. The molecule has 28 heavy (non-hydrogen) atoms. The Bertz CT molecular complexity index is 1040. The zero-order valence-corrected chi connectivity index (χ0v) is 17.2. The average molecular weight is 415 g/mol.